The van der Waals surface area contributed by atoms with Crippen molar-refractivity contribution in [3.8, 4) is 0 Å². The van der Waals surface area contributed by atoms with Gasteiger partial charge in [0.15, 0.2) is 0 Å². The van der Waals surface area contributed by atoms with Crippen molar-refractivity contribution in [2.45, 2.75) is 45.6 Å². The monoisotopic (exact) mass is 154 g/mol. The van der Waals surface area contributed by atoms with Crippen LogP contribution in [0.4, 0.5) is 0 Å². The average Bonchev–Trinajstić information content (AvgIpc) is 2.51. The Bertz CT molecular complexity index is 149. The molecule has 1 fully saturated rings. The van der Waals surface area contributed by atoms with Gasteiger partial charge in [0.2, 0.25) is 0 Å². The minimum atomic E-state index is -0.106. The van der Waals surface area contributed by atoms with Crippen LogP contribution in [0.15, 0.2) is 11.6 Å². The van der Waals surface area contributed by atoms with E-state index in [1.165, 1.54) is 24.8 Å². The third-order valence-electron chi connectivity index (χ3n) is 2.47. The molecule has 0 aromatic rings. The van der Waals surface area contributed by atoms with Crippen LogP contribution in [0.3, 0.4) is 0 Å². The van der Waals surface area contributed by atoms with Gasteiger partial charge in [-0.1, -0.05) is 25.5 Å². The number of aliphatic hydroxyl groups excluding tert-OH is 1. The SMILES string of the molecule is CC.OC1C=C2CCCC2C1. The van der Waals surface area contributed by atoms with Crippen molar-refractivity contribution < 1.29 is 5.11 Å². The molecule has 0 heterocycles. The van der Waals surface area contributed by atoms with Crippen molar-refractivity contribution in [1.29, 1.82) is 0 Å². The van der Waals surface area contributed by atoms with Crippen molar-refractivity contribution in [3.05, 3.63) is 11.6 Å². The molecule has 2 aliphatic carbocycles. The Morgan fingerprint density at radius 2 is 2.18 bits per heavy atom. The number of hydrogen-bond acceptors (Lipinski definition) is 1. The van der Waals surface area contributed by atoms with Gasteiger partial charge in [-0.3, -0.25) is 0 Å². The number of aliphatic hydroxyl groups is 1. The summed E-state index contributed by atoms with van der Waals surface area (Å²) in [6.45, 7) is 4.00. The van der Waals surface area contributed by atoms with Gasteiger partial charge in [-0.15, -0.1) is 0 Å². The summed E-state index contributed by atoms with van der Waals surface area (Å²) < 4.78 is 0. The molecule has 2 unspecified atom stereocenters. The van der Waals surface area contributed by atoms with E-state index in [2.05, 4.69) is 6.08 Å². The van der Waals surface area contributed by atoms with Crippen LogP contribution in [0.2, 0.25) is 0 Å². The summed E-state index contributed by atoms with van der Waals surface area (Å²) in [7, 11) is 0. The van der Waals surface area contributed by atoms with Crippen LogP contribution in [0, 0.1) is 5.92 Å². The van der Waals surface area contributed by atoms with Crippen LogP contribution in [-0.4, -0.2) is 11.2 Å². The Morgan fingerprint density at radius 1 is 1.45 bits per heavy atom. The summed E-state index contributed by atoms with van der Waals surface area (Å²) in [6.07, 6.45) is 6.88. The van der Waals surface area contributed by atoms with Crippen LogP contribution in [0.5, 0.6) is 0 Å². The second-order valence-electron chi connectivity index (χ2n) is 3.13. The molecule has 0 aromatic carbocycles. The first-order chi connectivity index (χ1) is 5.36. The van der Waals surface area contributed by atoms with Crippen LogP contribution in [-0.2, 0) is 0 Å². The second-order valence-corrected chi connectivity index (χ2v) is 3.13. The van der Waals surface area contributed by atoms with Crippen molar-refractivity contribution in [3.63, 3.8) is 0 Å². The minimum Gasteiger partial charge on any atom is -0.389 e. The average molecular weight is 154 g/mol. The molecule has 1 nitrogen and oxygen atoms in total. The van der Waals surface area contributed by atoms with E-state index in [1.54, 1.807) is 0 Å². The van der Waals surface area contributed by atoms with Crippen LogP contribution in [0.25, 0.3) is 0 Å². The third kappa shape index (κ3) is 1.84. The molecule has 2 aliphatic rings. The predicted molar refractivity (Wildman–Crippen MR) is 47.4 cm³/mol. The Hall–Kier alpha value is -0.300. The van der Waals surface area contributed by atoms with Gasteiger partial charge in [0.1, 0.15) is 0 Å². The first-order valence-electron chi connectivity index (χ1n) is 4.75. The molecule has 11 heavy (non-hydrogen) atoms. The van der Waals surface area contributed by atoms with E-state index in [9.17, 15) is 0 Å². The van der Waals surface area contributed by atoms with E-state index in [0.29, 0.717) is 0 Å². The Balaban J connectivity index is 0.000000281. The summed E-state index contributed by atoms with van der Waals surface area (Å²) in [5.74, 6) is 0.764. The third-order valence-corrected chi connectivity index (χ3v) is 2.47. The molecule has 0 saturated heterocycles. The van der Waals surface area contributed by atoms with Gasteiger partial charge in [0.05, 0.1) is 6.10 Å². The van der Waals surface area contributed by atoms with Gasteiger partial charge in [0, 0.05) is 0 Å². The fraction of sp³-hybridized carbons (Fsp3) is 0.800. The highest BCUT2D eigenvalue weighted by Crippen LogP contribution is 2.39. The standard InChI is InChI=1S/C8H12O.C2H6/c9-8-4-6-2-1-3-7(6)5-8;1-2/h4,7-9H,1-3,5H2;1-2H3. The van der Waals surface area contributed by atoms with E-state index in [4.69, 9.17) is 5.11 Å². The van der Waals surface area contributed by atoms with Crippen molar-refractivity contribution in [2.75, 3.05) is 0 Å². The van der Waals surface area contributed by atoms with Gasteiger partial charge >= 0.3 is 0 Å². The highest BCUT2D eigenvalue weighted by Gasteiger charge is 2.28. The second kappa shape index (κ2) is 3.91. The normalized spacial score (nSPS) is 33.9. The van der Waals surface area contributed by atoms with Crippen molar-refractivity contribution in [1.82, 2.24) is 0 Å². The molecule has 1 N–H and O–H groups in total. The lowest BCUT2D eigenvalue weighted by Gasteiger charge is -2.02. The van der Waals surface area contributed by atoms with Gasteiger partial charge in [0.25, 0.3) is 0 Å². The summed E-state index contributed by atoms with van der Waals surface area (Å²) >= 11 is 0. The van der Waals surface area contributed by atoms with E-state index >= 15 is 0 Å². The van der Waals surface area contributed by atoms with E-state index < -0.39 is 0 Å². The van der Waals surface area contributed by atoms with Crippen molar-refractivity contribution >= 4 is 0 Å². The molecule has 0 spiro atoms. The minimum absolute atomic E-state index is 0.106. The van der Waals surface area contributed by atoms with E-state index in [1.807, 2.05) is 13.8 Å². The molecule has 0 aliphatic heterocycles. The largest absolute Gasteiger partial charge is 0.389 e. The maximum Gasteiger partial charge on any atom is 0.0729 e. The maximum atomic E-state index is 9.16. The number of fused-ring (bicyclic) bond motifs is 1. The Kier molecular flexibility index (Phi) is 3.13. The number of rotatable bonds is 0. The molecular formula is C10H18O. The molecule has 0 amide bonds. The molecule has 2 atom stereocenters. The topological polar surface area (TPSA) is 20.2 Å². The summed E-state index contributed by atoms with van der Waals surface area (Å²) in [5, 5.41) is 9.16. The molecule has 64 valence electrons. The molecule has 0 aromatic heterocycles. The molecule has 2 rings (SSSR count). The quantitative estimate of drug-likeness (QED) is 0.531. The van der Waals surface area contributed by atoms with Gasteiger partial charge in [-0.25, -0.2) is 0 Å². The fourth-order valence-electron chi connectivity index (χ4n) is 2.04. The zero-order chi connectivity index (χ0) is 8.27. The fourth-order valence-corrected chi connectivity index (χ4v) is 2.04. The van der Waals surface area contributed by atoms with E-state index in [-0.39, 0.29) is 6.10 Å². The highest BCUT2D eigenvalue weighted by molar-refractivity contribution is 5.19. The zero-order valence-electron chi connectivity index (χ0n) is 7.51. The summed E-state index contributed by atoms with van der Waals surface area (Å²) in [4.78, 5) is 0. The Labute approximate surface area is 69.1 Å². The molecule has 1 saturated carbocycles. The summed E-state index contributed by atoms with van der Waals surface area (Å²) in [5.41, 5.74) is 1.53. The maximum absolute atomic E-state index is 9.16. The van der Waals surface area contributed by atoms with Crippen LogP contribution in [0.1, 0.15) is 39.5 Å². The van der Waals surface area contributed by atoms with Crippen molar-refractivity contribution in [2.24, 2.45) is 5.92 Å². The van der Waals surface area contributed by atoms with Crippen LogP contribution < -0.4 is 0 Å². The predicted octanol–water partition coefficient (Wildman–Crippen LogP) is 2.50. The van der Waals surface area contributed by atoms with Gasteiger partial charge < -0.3 is 5.11 Å². The highest BCUT2D eigenvalue weighted by atomic mass is 16.3. The lowest BCUT2D eigenvalue weighted by atomic mass is 10.1. The molecule has 0 bridgehead atoms. The first kappa shape index (κ1) is 8.79. The van der Waals surface area contributed by atoms with Crippen LogP contribution >= 0.6 is 0 Å². The van der Waals surface area contributed by atoms with E-state index in [0.717, 1.165) is 12.3 Å². The molecular weight excluding hydrogens is 136 g/mol. The molecule has 1 heteroatoms. The smallest absolute Gasteiger partial charge is 0.0729 e. The lowest BCUT2D eigenvalue weighted by Crippen LogP contribution is -1.99. The zero-order valence-corrected chi connectivity index (χ0v) is 7.51. The van der Waals surface area contributed by atoms with Gasteiger partial charge in [-0.2, -0.15) is 0 Å². The first-order valence-corrected chi connectivity index (χ1v) is 4.75. The van der Waals surface area contributed by atoms with Gasteiger partial charge in [-0.05, 0) is 31.6 Å². The lowest BCUT2D eigenvalue weighted by molar-refractivity contribution is 0.209. The number of allylic oxidation sites excluding steroid dienone is 1. The number of hydrogen-bond donors (Lipinski definition) is 1. The Morgan fingerprint density at radius 3 is 2.82 bits per heavy atom. The molecule has 0 radical (unpaired) electrons. The summed E-state index contributed by atoms with van der Waals surface area (Å²) in [6, 6.07) is 0.